The molecule has 0 bridgehead atoms. The fourth-order valence-corrected chi connectivity index (χ4v) is 2.15. The van der Waals surface area contributed by atoms with Crippen LogP contribution in [0.3, 0.4) is 0 Å². The highest BCUT2D eigenvalue weighted by Gasteiger charge is 2.36. The van der Waals surface area contributed by atoms with E-state index >= 15 is 0 Å². The third-order valence-electron chi connectivity index (χ3n) is 2.88. The second-order valence-electron chi connectivity index (χ2n) is 4.31. The number of halogens is 3. The van der Waals surface area contributed by atoms with Crippen molar-refractivity contribution in [2.75, 3.05) is 0 Å². The van der Waals surface area contributed by atoms with Gasteiger partial charge >= 0.3 is 6.18 Å². The van der Waals surface area contributed by atoms with Gasteiger partial charge in [0.2, 0.25) is 5.91 Å². The Balaban J connectivity index is 2.08. The SMILES string of the molecule is O=C(CC(F)(F)F)N[C@H]1c2ccccc2C[C@H]1O. The summed E-state index contributed by atoms with van der Waals surface area (Å²) in [5.41, 5.74) is 1.53. The zero-order valence-electron chi connectivity index (χ0n) is 9.37. The van der Waals surface area contributed by atoms with Crippen LogP contribution in [0.4, 0.5) is 13.2 Å². The summed E-state index contributed by atoms with van der Waals surface area (Å²) in [5, 5.41) is 12.0. The highest BCUT2D eigenvalue weighted by atomic mass is 19.4. The van der Waals surface area contributed by atoms with Gasteiger partial charge in [-0.2, -0.15) is 13.2 Å². The number of fused-ring (bicyclic) bond motifs is 1. The predicted molar refractivity (Wildman–Crippen MR) is 57.7 cm³/mol. The van der Waals surface area contributed by atoms with Crippen LogP contribution in [-0.4, -0.2) is 23.3 Å². The van der Waals surface area contributed by atoms with Crippen LogP contribution in [0, 0.1) is 0 Å². The largest absolute Gasteiger partial charge is 0.397 e. The molecule has 0 aromatic heterocycles. The summed E-state index contributed by atoms with van der Waals surface area (Å²) < 4.78 is 36.1. The Kier molecular flexibility index (Phi) is 3.30. The molecule has 1 amide bonds. The van der Waals surface area contributed by atoms with Crippen molar-refractivity contribution in [3.05, 3.63) is 35.4 Å². The summed E-state index contributed by atoms with van der Waals surface area (Å²) in [4.78, 5) is 11.2. The number of amides is 1. The quantitative estimate of drug-likeness (QED) is 0.849. The zero-order valence-corrected chi connectivity index (χ0v) is 9.37. The molecule has 1 aliphatic carbocycles. The van der Waals surface area contributed by atoms with Crippen LogP contribution in [0.5, 0.6) is 0 Å². The lowest BCUT2D eigenvalue weighted by Crippen LogP contribution is -2.36. The maximum atomic E-state index is 12.0. The van der Waals surface area contributed by atoms with Crippen LogP contribution < -0.4 is 5.32 Å². The van der Waals surface area contributed by atoms with Crippen LogP contribution in [0.25, 0.3) is 0 Å². The summed E-state index contributed by atoms with van der Waals surface area (Å²) in [6.45, 7) is 0. The smallest absolute Gasteiger partial charge is 0.390 e. The number of benzene rings is 1. The van der Waals surface area contributed by atoms with Crippen molar-refractivity contribution in [3.8, 4) is 0 Å². The Morgan fingerprint density at radius 2 is 2.06 bits per heavy atom. The van der Waals surface area contributed by atoms with Crippen LogP contribution in [0.2, 0.25) is 0 Å². The first-order valence-electron chi connectivity index (χ1n) is 5.49. The summed E-state index contributed by atoms with van der Waals surface area (Å²) in [6.07, 6.45) is -6.60. The monoisotopic (exact) mass is 259 g/mol. The van der Waals surface area contributed by atoms with E-state index in [9.17, 15) is 23.1 Å². The molecule has 2 N–H and O–H groups in total. The molecule has 3 nitrogen and oxygen atoms in total. The van der Waals surface area contributed by atoms with Crippen molar-refractivity contribution < 1.29 is 23.1 Å². The lowest BCUT2D eigenvalue weighted by atomic mass is 10.1. The summed E-state index contributed by atoms with van der Waals surface area (Å²) in [6, 6.07) is 6.24. The van der Waals surface area contributed by atoms with Crippen molar-refractivity contribution >= 4 is 5.91 Å². The Bertz CT molecular complexity index is 459. The molecular weight excluding hydrogens is 247 g/mol. The molecule has 2 rings (SSSR count). The third-order valence-corrected chi connectivity index (χ3v) is 2.88. The van der Waals surface area contributed by atoms with Crippen LogP contribution in [0.1, 0.15) is 23.6 Å². The van der Waals surface area contributed by atoms with Crippen LogP contribution in [-0.2, 0) is 11.2 Å². The van der Waals surface area contributed by atoms with E-state index in [2.05, 4.69) is 5.32 Å². The van der Waals surface area contributed by atoms with E-state index in [1.165, 1.54) is 0 Å². The molecule has 0 saturated heterocycles. The number of nitrogens with one attached hydrogen (secondary N) is 1. The fraction of sp³-hybridized carbons (Fsp3) is 0.417. The van der Waals surface area contributed by atoms with E-state index < -0.39 is 30.7 Å². The first kappa shape index (κ1) is 12.9. The highest BCUT2D eigenvalue weighted by Crippen LogP contribution is 2.31. The van der Waals surface area contributed by atoms with E-state index in [1.54, 1.807) is 24.3 Å². The number of aliphatic hydroxyl groups is 1. The number of rotatable bonds is 2. The van der Waals surface area contributed by atoms with Crippen molar-refractivity contribution in [3.63, 3.8) is 0 Å². The molecule has 1 aromatic rings. The summed E-state index contributed by atoms with van der Waals surface area (Å²) in [5.74, 6) is -1.12. The summed E-state index contributed by atoms with van der Waals surface area (Å²) in [7, 11) is 0. The zero-order chi connectivity index (χ0) is 13.3. The van der Waals surface area contributed by atoms with Crippen molar-refractivity contribution in [1.82, 2.24) is 5.32 Å². The van der Waals surface area contributed by atoms with Crippen molar-refractivity contribution in [2.24, 2.45) is 0 Å². The molecule has 18 heavy (non-hydrogen) atoms. The van der Waals surface area contributed by atoms with E-state index in [4.69, 9.17) is 0 Å². The van der Waals surface area contributed by atoms with Gasteiger partial charge in [0.25, 0.3) is 0 Å². The van der Waals surface area contributed by atoms with Gasteiger partial charge < -0.3 is 10.4 Å². The topological polar surface area (TPSA) is 49.3 Å². The lowest BCUT2D eigenvalue weighted by molar-refractivity contribution is -0.154. The van der Waals surface area contributed by atoms with E-state index in [1.807, 2.05) is 0 Å². The van der Waals surface area contributed by atoms with E-state index in [0.29, 0.717) is 12.0 Å². The van der Waals surface area contributed by atoms with Gasteiger partial charge in [-0.25, -0.2) is 0 Å². The van der Waals surface area contributed by atoms with Gasteiger partial charge in [-0.1, -0.05) is 24.3 Å². The molecule has 6 heteroatoms. The van der Waals surface area contributed by atoms with E-state index in [-0.39, 0.29) is 0 Å². The standard InChI is InChI=1S/C12H12F3NO2/c13-12(14,15)6-10(18)16-11-8-4-2-1-3-7(8)5-9(11)17/h1-4,9,11,17H,5-6H2,(H,16,18)/t9-,11+/m1/s1. The normalized spacial score (nSPS) is 22.7. The minimum absolute atomic E-state index is 0.340. The van der Waals surface area contributed by atoms with Gasteiger partial charge in [0.05, 0.1) is 12.1 Å². The average Bonchev–Trinajstić information content (AvgIpc) is 2.53. The first-order chi connectivity index (χ1) is 8.37. The van der Waals surface area contributed by atoms with Crippen LogP contribution >= 0.6 is 0 Å². The molecule has 0 saturated carbocycles. The molecule has 0 spiro atoms. The van der Waals surface area contributed by atoms with Gasteiger partial charge in [0, 0.05) is 6.42 Å². The molecule has 1 aromatic carbocycles. The molecule has 1 aliphatic rings. The van der Waals surface area contributed by atoms with Gasteiger partial charge in [-0.3, -0.25) is 4.79 Å². The van der Waals surface area contributed by atoms with Gasteiger partial charge in [-0.05, 0) is 11.1 Å². The number of aliphatic hydroxyl groups excluding tert-OH is 1. The highest BCUT2D eigenvalue weighted by molar-refractivity contribution is 5.77. The second-order valence-corrected chi connectivity index (χ2v) is 4.31. The summed E-state index contributed by atoms with van der Waals surface area (Å²) >= 11 is 0. The van der Waals surface area contributed by atoms with Crippen molar-refractivity contribution in [1.29, 1.82) is 0 Å². The number of alkyl halides is 3. The van der Waals surface area contributed by atoms with Crippen molar-refractivity contribution in [2.45, 2.75) is 31.2 Å². The number of hydrogen-bond donors (Lipinski definition) is 2. The predicted octanol–water partition coefficient (Wildman–Crippen LogP) is 1.71. The molecule has 0 unspecified atom stereocenters. The maximum Gasteiger partial charge on any atom is 0.397 e. The van der Waals surface area contributed by atoms with Gasteiger partial charge in [0.15, 0.2) is 0 Å². The fourth-order valence-electron chi connectivity index (χ4n) is 2.15. The Hall–Kier alpha value is -1.56. The van der Waals surface area contributed by atoms with Gasteiger partial charge in [0.1, 0.15) is 6.42 Å². The van der Waals surface area contributed by atoms with Gasteiger partial charge in [-0.15, -0.1) is 0 Å². The Labute approximate surface area is 102 Å². The lowest BCUT2D eigenvalue weighted by Gasteiger charge is -2.18. The Morgan fingerprint density at radius 1 is 1.39 bits per heavy atom. The van der Waals surface area contributed by atoms with E-state index in [0.717, 1.165) is 5.56 Å². The molecule has 0 heterocycles. The molecule has 0 radical (unpaired) electrons. The number of carbonyl (C=O) groups is 1. The third kappa shape index (κ3) is 2.81. The molecule has 0 fully saturated rings. The first-order valence-corrected chi connectivity index (χ1v) is 5.49. The number of carbonyl (C=O) groups excluding carboxylic acids is 1. The maximum absolute atomic E-state index is 12.0. The molecule has 2 atom stereocenters. The molecule has 98 valence electrons. The Morgan fingerprint density at radius 3 is 2.72 bits per heavy atom. The number of hydrogen-bond acceptors (Lipinski definition) is 2. The second kappa shape index (κ2) is 4.61. The average molecular weight is 259 g/mol. The minimum Gasteiger partial charge on any atom is -0.390 e. The molecular formula is C12H12F3NO2. The molecule has 0 aliphatic heterocycles. The minimum atomic E-state index is -4.53. The van der Waals surface area contributed by atoms with Crippen LogP contribution in [0.15, 0.2) is 24.3 Å².